The molecular formula is C12H17NO3. The predicted octanol–water partition coefficient (Wildman–Crippen LogP) is 1.03. The Balaban J connectivity index is 2.63. The Kier molecular flexibility index (Phi) is 5.36. The van der Waals surface area contributed by atoms with Crippen LogP contribution in [-0.2, 0) is 11.2 Å². The molecule has 0 bridgehead atoms. The molecule has 1 N–H and O–H groups in total. The number of nitrogens with one attached hydrogen (secondary N) is 1. The van der Waals surface area contributed by atoms with Gasteiger partial charge in [0.1, 0.15) is 17.8 Å². The Morgan fingerprint density at radius 2 is 2.12 bits per heavy atom. The molecule has 0 amide bonds. The molecule has 0 aliphatic rings. The lowest BCUT2D eigenvalue weighted by atomic mass is 10.1. The predicted molar refractivity (Wildman–Crippen MR) is 62.2 cm³/mol. The number of carbonyl (C=O) groups is 1. The maximum atomic E-state index is 10.1. The quantitative estimate of drug-likeness (QED) is 0.554. The van der Waals surface area contributed by atoms with Crippen molar-refractivity contribution < 1.29 is 14.3 Å². The SMILES string of the molecule is COc1ccc(OC)c(CCNCC=O)c1. The number of ether oxygens (including phenoxy) is 2. The van der Waals surface area contributed by atoms with Crippen molar-refractivity contribution >= 4 is 6.29 Å². The van der Waals surface area contributed by atoms with E-state index < -0.39 is 0 Å². The Hall–Kier alpha value is -1.55. The molecule has 1 aromatic carbocycles. The zero-order valence-corrected chi connectivity index (χ0v) is 9.66. The summed E-state index contributed by atoms with van der Waals surface area (Å²) in [6.45, 7) is 1.12. The summed E-state index contributed by atoms with van der Waals surface area (Å²) in [4.78, 5) is 10.1. The monoisotopic (exact) mass is 223 g/mol. The standard InChI is InChI=1S/C12H17NO3/c1-15-11-3-4-12(16-2)10(9-11)5-6-13-7-8-14/h3-4,8-9,13H,5-7H2,1-2H3. The van der Waals surface area contributed by atoms with Gasteiger partial charge in [0.25, 0.3) is 0 Å². The third-order valence-electron chi connectivity index (χ3n) is 2.29. The number of hydrogen-bond acceptors (Lipinski definition) is 4. The molecule has 1 aromatic rings. The van der Waals surface area contributed by atoms with Crippen molar-refractivity contribution in [2.24, 2.45) is 0 Å². The average Bonchev–Trinajstić information content (AvgIpc) is 2.34. The average molecular weight is 223 g/mol. The lowest BCUT2D eigenvalue weighted by Crippen LogP contribution is -2.19. The first-order valence-electron chi connectivity index (χ1n) is 5.17. The molecule has 88 valence electrons. The minimum Gasteiger partial charge on any atom is -0.497 e. The third-order valence-corrected chi connectivity index (χ3v) is 2.29. The third kappa shape index (κ3) is 3.55. The van der Waals surface area contributed by atoms with Gasteiger partial charge in [-0.2, -0.15) is 0 Å². The molecule has 0 aliphatic carbocycles. The molecule has 0 fully saturated rings. The molecule has 0 atom stereocenters. The van der Waals surface area contributed by atoms with Gasteiger partial charge in [0.2, 0.25) is 0 Å². The molecule has 0 aliphatic heterocycles. The van der Waals surface area contributed by atoms with Gasteiger partial charge in [0.15, 0.2) is 0 Å². The van der Waals surface area contributed by atoms with Crippen LogP contribution in [0.5, 0.6) is 11.5 Å². The normalized spacial score (nSPS) is 9.88. The van der Waals surface area contributed by atoms with Gasteiger partial charge in [-0.25, -0.2) is 0 Å². The van der Waals surface area contributed by atoms with Crippen molar-refractivity contribution in [3.63, 3.8) is 0 Å². The Bertz CT molecular complexity index is 339. The van der Waals surface area contributed by atoms with Crippen molar-refractivity contribution in [2.75, 3.05) is 27.3 Å². The maximum absolute atomic E-state index is 10.1. The highest BCUT2D eigenvalue weighted by Gasteiger charge is 2.04. The number of methoxy groups -OCH3 is 2. The fraction of sp³-hybridized carbons (Fsp3) is 0.417. The summed E-state index contributed by atoms with van der Waals surface area (Å²) >= 11 is 0. The van der Waals surface area contributed by atoms with Crippen LogP contribution in [-0.4, -0.2) is 33.6 Å². The van der Waals surface area contributed by atoms with Gasteiger partial charge in [-0.05, 0) is 36.7 Å². The molecule has 0 unspecified atom stereocenters. The lowest BCUT2D eigenvalue weighted by molar-refractivity contribution is -0.107. The molecule has 1 rings (SSSR count). The summed E-state index contributed by atoms with van der Waals surface area (Å²) in [7, 11) is 3.28. The molecule has 0 radical (unpaired) electrons. The van der Waals surface area contributed by atoms with E-state index in [-0.39, 0.29) is 0 Å². The summed E-state index contributed by atoms with van der Waals surface area (Å²) in [5.74, 6) is 1.65. The summed E-state index contributed by atoms with van der Waals surface area (Å²) in [5, 5.41) is 3.01. The number of benzene rings is 1. The number of aldehydes is 1. The van der Waals surface area contributed by atoms with Gasteiger partial charge in [0, 0.05) is 0 Å². The first kappa shape index (κ1) is 12.5. The van der Waals surface area contributed by atoms with E-state index in [4.69, 9.17) is 9.47 Å². The highest BCUT2D eigenvalue weighted by atomic mass is 16.5. The maximum Gasteiger partial charge on any atom is 0.133 e. The van der Waals surface area contributed by atoms with Crippen LogP contribution in [0.25, 0.3) is 0 Å². The molecule has 0 spiro atoms. The van der Waals surface area contributed by atoms with Crippen LogP contribution in [0, 0.1) is 0 Å². The molecule has 0 saturated carbocycles. The van der Waals surface area contributed by atoms with E-state index in [9.17, 15) is 4.79 Å². The molecule has 4 heteroatoms. The Morgan fingerprint density at radius 1 is 1.31 bits per heavy atom. The van der Waals surface area contributed by atoms with Crippen LogP contribution in [0.3, 0.4) is 0 Å². The molecule has 0 saturated heterocycles. The minimum atomic E-state index is 0.381. The van der Waals surface area contributed by atoms with E-state index in [2.05, 4.69) is 5.32 Å². The Labute approximate surface area is 95.6 Å². The highest BCUT2D eigenvalue weighted by molar-refractivity contribution is 5.51. The second kappa shape index (κ2) is 6.85. The van der Waals surface area contributed by atoms with E-state index in [1.54, 1.807) is 14.2 Å². The van der Waals surface area contributed by atoms with Crippen molar-refractivity contribution in [1.82, 2.24) is 5.32 Å². The van der Waals surface area contributed by atoms with Crippen LogP contribution in [0.1, 0.15) is 5.56 Å². The zero-order chi connectivity index (χ0) is 11.8. The van der Waals surface area contributed by atoms with E-state index >= 15 is 0 Å². The van der Waals surface area contributed by atoms with Crippen LogP contribution >= 0.6 is 0 Å². The largest absolute Gasteiger partial charge is 0.497 e. The fourth-order valence-corrected chi connectivity index (χ4v) is 1.46. The summed E-state index contributed by atoms with van der Waals surface area (Å²) in [6.07, 6.45) is 1.65. The molecule has 0 aromatic heterocycles. The molecule has 16 heavy (non-hydrogen) atoms. The second-order valence-corrected chi connectivity index (χ2v) is 3.30. The topological polar surface area (TPSA) is 47.6 Å². The summed E-state index contributed by atoms with van der Waals surface area (Å²) in [6, 6.07) is 5.69. The first-order valence-corrected chi connectivity index (χ1v) is 5.17. The lowest BCUT2D eigenvalue weighted by Gasteiger charge is -2.10. The second-order valence-electron chi connectivity index (χ2n) is 3.30. The van der Waals surface area contributed by atoms with Gasteiger partial charge >= 0.3 is 0 Å². The summed E-state index contributed by atoms with van der Waals surface area (Å²) < 4.78 is 10.4. The van der Waals surface area contributed by atoms with Crippen molar-refractivity contribution in [3.8, 4) is 11.5 Å². The van der Waals surface area contributed by atoms with E-state index in [0.717, 1.165) is 36.3 Å². The van der Waals surface area contributed by atoms with Crippen LogP contribution in [0.15, 0.2) is 18.2 Å². The van der Waals surface area contributed by atoms with E-state index in [1.165, 1.54) is 0 Å². The van der Waals surface area contributed by atoms with Crippen LogP contribution < -0.4 is 14.8 Å². The van der Waals surface area contributed by atoms with E-state index in [0.29, 0.717) is 6.54 Å². The van der Waals surface area contributed by atoms with Crippen LogP contribution in [0.2, 0.25) is 0 Å². The zero-order valence-electron chi connectivity index (χ0n) is 9.66. The van der Waals surface area contributed by atoms with Gasteiger partial charge in [0.05, 0.1) is 20.8 Å². The van der Waals surface area contributed by atoms with Gasteiger partial charge in [-0.3, -0.25) is 0 Å². The first-order chi connectivity index (χ1) is 7.81. The molecule has 0 heterocycles. The summed E-state index contributed by atoms with van der Waals surface area (Å²) in [5.41, 5.74) is 1.07. The smallest absolute Gasteiger partial charge is 0.133 e. The van der Waals surface area contributed by atoms with Crippen LogP contribution in [0.4, 0.5) is 0 Å². The number of rotatable bonds is 7. The number of carbonyl (C=O) groups excluding carboxylic acids is 1. The minimum absolute atomic E-state index is 0.381. The van der Waals surface area contributed by atoms with Crippen molar-refractivity contribution in [3.05, 3.63) is 23.8 Å². The van der Waals surface area contributed by atoms with Crippen molar-refractivity contribution in [2.45, 2.75) is 6.42 Å². The van der Waals surface area contributed by atoms with Gasteiger partial charge in [-0.1, -0.05) is 0 Å². The van der Waals surface area contributed by atoms with Gasteiger partial charge < -0.3 is 19.6 Å². The highest BCUT2D eigenvalue weighted by Crippen LogP contribution is 2.23. The molecule has 4 nitrogen and oxygen atoms in total. The number of hydrogen-bond donors (Lipinski definition) is 1. The molecular weight excluding hydrogens is 206 g/mol. The van der Waals surface area contributed by atoms with E-state index in [1.807, 2.05) is 18.2 Å². The van der Waals surface area contributed by atoms with Gasteiger partial charge in [-0.15, -0.1) is 0 Å². The van der Waals surface area contributed by atoms with Crippen molar-refractivity contribution in [1.29, 1.82) is 0 Å². The Morgan fingerprint density at radius 3 is 2.75 bits per heavy atom. The fourth-order valence-electron chi connectivity index (χ4n) is 1.46.